The van der Waals surface area contributed by atoms with E-state index in [1.807, 2.05) is 47.7 Å². The Hall–Kier alpha value is -8.84. The molecule has 0 atom stereocenters. The number of benzene rings is 9. The monoisotopic (exact) mass is 885 g/mol. The van der Waals surface area contributed by atoms with Crippen LogP contribution in [0.25, 0.3) is 126 Å². The molecule has 0 aliphatic carbocycles. The fourth-order valence-electron chi connectivity index (χ4n) is 9.92. The van der Waals surface area contributed by atoms with Crippen molar-refractivity contribution in [3.05, 3.63) is 237 Å². The van der Waals surface area contributed by atoms with E-state index < -0.39 is 0 Å². The number of para-hydroxylation sites is 2. The molecule has 4 heterocycles. The Bertz CT molecular complexity index is 3880. The Labute approximate surface area is 397 Å². The average Bonchev–Trinajstić information content (AvgIpc) is 3.98. The minimum atomic E-state index is 0.544. The maximum Gasteiger partial charge on any atom is 0.166 e. The van der Waals surface area contributed by atoms with Gasteiger partial charge in [-0.2, -0.15) is 0 Å². The molecular weight excluding hydrogens is 847 g/mol. The van der Waals surface area contributed by atoms with E-state index in [-0.39, 0.29) is 0 Å². The summed E-state index contributed by atoms with van der Waals surface area (Å²) < 4.78 is 4.80. The molecule has 0 amide bonds. The van der Waals surface area contributed by atoms with Crippen molar-refractivity contribution in [2.75, 3.05) is 0 Å². The van der Waals surface area contributed by atoms with Crippen molar-refractivity contribution in [2.24, 2.45) is 0 Å². The van der Waals surface area contributed by atoms with Crippen LogP contribution in [0.2, 0.25) is 0 Å². The molecule has 0 N–H and O–H groups in total. The van der Waals surface area contributed by atoms with E-state index in [0.717, 1.165) is 77.9 Å². The standard InChI is InChI=1S/C62H39N5S/c1-6-20-40(21-7-1)46-31-18-32-47(41-22-8-2-9-23-41)55(46)44-38-50(62-65-60(42-24-10-3-11-25-42)64-61(66-62)43-26-12-4-13-27-43)59(63-39-44)49-33-19-35-53-57(49)58-54(68-53)37-36-52-56(58)48-30-16-17-34-51(48)67(52)45-28-14-5-15-29-45/h1-39H. The number of thiophene rings is 1. The van der Waals surface area contributed by atoms with Gasteiger partial charge in [-0.05, 0) is 70.3 Å². The van der Waals surface area contributed by atoms with Gasteiger partial charge in [0, 0.05) is 70.6 Å². The second-order valence-electron chi connectivity index (χ2n) is 16.9. The van der Waals surface area contributed by atoms with Gasteiger partial charge in [0.15, 0.2) is 17.5 Å². The molecule has 0 fully saturated rings. The predicted molar refractivity (Wildman–Crippen MR) is 283 cm³/mol. The van der Waals surface area contributed by atoms with Crippen LogP contribution < -0.4 is 0 Å². The minimum Gasteiger partial charge on any atom is -0.309 e. The predicted octanol–water partition coefficient (Wildman–Crippen LogP) is 16.4. The van der Waals surface area contributed by atoms with E-state index in [4.69, 9.17) is 19.9 Å². The molecule has 0 radical (unpaired) electrons. The molecule has 0 unspecified atom stereocenters. The first kappa shape index (κ1) is 39.5. The third-order valence-corrected chi connectivity index (χ3v) is 14.0. The fourth-order valence-corrected chi connectivity index (χ4v) is 11.1. The van der Waals surface area contributed by atoms with Gasteiger partial charge in [0.25, 0.3) is 0 Å². The van der Waals surface area contributed by atoms with Gasteiger partial charge in [-0.25, -0.2) is 15.0 Å². The summed E-state index contributed by atoms with van der Waals surface area (Å²) in [6, 6.07) is 81.1. The summed E-state index contributed by atoms with van der Waals surface area (Å²) in [6.07, 6.45) is 2.05. The van der Waals surface area contributed by atoms with Crippen molar-refractivity contribution in [1.29, 1.82) is 0 Å². The van der Waals surface area contributed by atoms with Crippen LogP contribution >= 0.6 is 11.3 Å². The largest absolute Gasteiger partial charge is 0.309 e. The van der Waals surface area contributed by atoms with Crippen molar-refractivity contribution < 1.29 is 0 Å². The van der Waals surface area contributed by atoms with Crippen molar-refractivity contribution >= 4 is 53.3 Å². The SMILES string of the molecule is c1ccc(-c2nc(-c3ccccc3)nc(-c3cc(-c4c(-c5ccccc5)cccc4-c4ccccc4)cnc3-c3cccc4sc5ccc6c(c7ccccc7n6-c6ccccc6)c5c34)n2)cc1. The highest BCUT2D eigenvalue weighted by atomic mass is 32.1. The number of hydrogen-bond acceptors (Lipinski definition) is 5. The second-order valence-corrected chi connectivity index (χ2v) is 18.0. The zero-order valence-corrected chi connectivity index (χ0v) is 37.5. The minimum absolute atomic E-state index is 0.544. The highest BCUT2D eigenvalue weighted by Crippen LogP contribution is 2.49. The summed E-state index contributed by atoms with van der Waals surface area (Å²) in [5.41, 5.74) is 14.4. The summed E-state index contributed by atoms with van der Waals surface area (Å²) in [4.78, 5) is 21.5. The third-order valence-electron chi connectivity index (χ3n) is 12.9. The van der Waals surface area contributed by atoms with Crippen LogP contribution in [0.15, 0.2) is 237 Å². The molecule has 5 nitrogen and oxygen atoms in total. The summed E-state index contributed by atoms with van der Waals surface area (Å²) in [5, 5.41) is 4.80. The first-order valence-corrected chi connectivity index (χ1v) is 23.6. The maximum absolute atomic E-state index is 5.61. The molecule has 6 heteroatoms. The molecular formula is C62H39N5S. The quantitative estimate of drug-likeness (QED) is 0.153. The average molecular weight is 886 g/mol. The van der Waals surface area contributed by atoms with Crippen LogP contribution in [0.5, 0.6) is 0 Å². The summed E-state index contributed by atoms with van der Waals surface area (Å²) in [7, 11) is 0. The van der Waals surface area contributed by atoms with Crippen molar-refractivity contribution in [3.63, 3.8) is 0 Å². The molecule has 0 aliphatic heterocycles. The number of hydrogen-bond donors (Lipinski definition) is 0. The van der Waals surface area contributed by atoms with Gasteiger partial charge in [0.1, 0.15) is 0 Å². The van der Waals surface area contributed by atoms with Crippen molar-refractivity contribution in [2.45, 2.75) is 0 Å². The lowest BCUT2D eigenvalue weighted by molar-refractivity contribution is 1.07. The van der Waals surface area contributed by atoms with Crippen LogP contribution in [-0.4, -0.2) is 24.5 Å². The molecule has 13 aromatic rings. The number of fused-ring (bicyclic) bond motifs is 7. The Morgan fingerprint density at radius 3 is 1.49 bits per heavy atom. The van der Waals surface area contributed by atoms with Gasteiger partial charge < -0.3 is 4.57 Å². The first-order valence-electron chi connectivity index (χ1n) is 22.8. The van der Waals surface area contributed by atoms with Gasteiger partial charge in [-0.15, -0.1) is 11.3 Å². The van der Waals surface area contributed by atoms with Gasteiger partial charge in [-0.1, -0.05) is 188 Å². The molecule has 318 valence electrons. The Morgan fingerprint density at radius 1 is 0.338 bits per heavy atom. The van der Waals surface area contributed by atoms with Crippen LogP contribution in [-0.2, 0) is 0 Å². The highest BCUT2D eigenvalue weighted by molar-refractivity contribution is 7.26. The molecule has 0 bridgehead atoms. The third kappa shape index (κ3) is 6.69. The summed E-state index contributed by atoms with van der Waals surface area (Å²) in [5.74, 6) is 1.73. The number of aromatic nitrogens is 5. The molecule has 68 heavy (non-hydrogen) atoms. The van der Waals surface area contributed by atoms with Crippen molar-refractivity contribution in [3.8, 4) is 84.5 Å². The number of pyridine rings is 1. The van der Waals surface area contributed by atoms with E-state index in [2.05, 4.69) is 205 Å². The van der Waals surface area contributed by atoms with E-state index in [0.29, 0.717) is 17.5 Å². The molecule has 0 saturated heterocycles. The molecule has 13 rings (SSSR count). The number of nitrogens with zero attached hydrogens (tertiary/aromatic N) is 5. The van der Waals surface area contributed by atoms with Gasteiger partial charge >= 0.3 is 0 Å². The molecule has 0 aliphatic rings. The lowest BCUT2D eigenvalue weighted by atomic mass is 9.87. The van der Waals surface area contributed by atoms with E-state index in [9.17, 15) is 0 Å². The van der Waals surface area contributed by atoms with E-state index >= 15 is 0 Å². The van der Waals surface area contributed by atoms with Crippen LogP contribution in [0.3, 0.4) is 0 Å². The second kappa shape index (κ2) is 16.5. The zero-order chi connectivity index (χ0) is 45.0. The van der Waals surface area contributed by atoms with Gasteiger partial charge in [-0.3, -0.25) is 4.98 Å². The number of rotatable bonds is 8. The fraction of sp³-hybridized carbons (Fsp3) is 0. The Morgan fingerprint density at radius 2 is 0.853 bits per heavy atom. The molecule has 0 spiro atoms. The molecule has 0 saturated carbocycles. The van der Waals surface area contributed by atoms with Gasteiger partial charge in [0.05, 0.1) is 16.7 Å². The highest BCUT2D eigenvalue weighted by Gasteiger charge is 2.25. The van der Waals surface area contributed by atoms with Crippen LogP contribution in [0.1, 0.15) is 0 Å². The van der Waals surface area contributed by atoms with E-state index in [1.54, 1.807) is 0 Å². The topological polar surface area (TPSA) is 56.5 Å². The molecule has 4 aromatic heterocycles. The lowest BCUT2D eigenvalue weighted by Crippen LogP contribution is -2.02. The summed E-state index contributed by atoms with van der Waals surface area (Å²) >= 11 is 1.82. The first-order chi connectivity index (χ1) is 33.7. The normalized spacial score (nSPS) is 11.5. The van der Waals surface area contributed by atoms with Crippen molar-refractivity contribution in [1.82, 2.24) is 24.5 Å². The Balaban J connectivity index is 1.14. The Kier molecular flexibility index (Phi) is 9.62. The van der Waals surface area contributed by atoms with Gasteiger partial charge in [0.2, 0.25) is 0 Å². The maximum atomic E-state index is 5.61. The summed E-state index contributed by atoms with van der Waals surface area (Å²) in [6.45, 7) is 0. The lowest BCUT2D eigenvalue weighted by Gasteiger charge is -2.18. The van der Waals surface area contributed by atoms with E-state index in [1.165, 1.54) is 31.1 Å². The smallest absolute Gasteiger partial charge is 0.166 e. The molecule has 9 aromatic carbocycles. The zero-order valence-electron chi connectivity index (χ0n) is 36.7. The van der Waals surface area contributed by atoms with Crippen LogP contribution in [0, 0.1) is 0 Å². The van der Waals surface area contributed by atoms with Crippen LogP contribution in [0.4, 0.5) is 0 Å².